The Hall–Kier alpha value is 0.180. The summed E-state index contributed by atoms with van der Waals surface area (Å²) in [5, 5.41) is 0. The van der Waals surface area contributed by atoms with Gasteiger partial charge in [-0.25, -0.2) is 0 Å². The van der Waals surface area contributed by atoms with E-state index in [1.54, 1.807) is 5.56 Å². The molecule has 0 spiro atoms. The molecule has 1 aliphatic carbocycles. The van der Waals surface area contributed by atoms with Gasteiger partial charge < -0.3 is 0 Å². The molecule has 0 aliphatic heterocycles. The van der Waals surface area contributed by atoms with Gasteiger partial charge in [-0.05, 0) is 44.2 Å². The standard InChI is InChI=1S/C13H19BrS/c1-9-8-12(10(2)15-9)13(14)11-6-4-3-5-7-11/h8,11,13H,3-7H2,1-2H3. The summed E-state index contributed by atoms with van der Waals surface area (Å²) in [5.74, 6) is 0.867. The minimum Gasteiger partial charge on any atom is -0.146 e. The number of hydrogen-bond donors (Lipinski definition) is 0. The lowest BCUT2D eigenvalue weighted by molar-refractivity contribution is 0.354. The summed E-state index contributed by atoms with van der Waals surface area (Å²) in [4.78, 5) is 3.55. The van der Waals surface area contributed by atoms with E-state index in [2.05, 4.69) is 35.8 Å². The van der Waals surface area contributed by atoms with Gasteiger partial charge in [-0.3, -0.25) is 0 Å². The van der Waals surface area contributed by atoms with E-state index in [1.165, 1.54) is 41.9 Å². The molecule has 0 N–H and O–H groups in total. The van der Waals surface area contributed by atoms with Crippen molar-refractivity contribution in [3.8, 4) is 0 Å². The van der Waals surface area contributed by atoms with Gasteiger partial charge in [0.2, 0.25) is 0 Å². The second-order valence-electron chi connectivity index (χ2n) is 4.67. The summed E-state index contributed by atoms with van der Waals surface area (Å²) in [5.41, 5.74) is 1.55. The van der Waals surface area contributed by atoms with Crippen LogP contribution in [0.25, 0.3) is 0 Å². The van der Waals surface area contributed by atoms with Crippen LogP contribution in [0.3, 0.4) is 0 Å². The van der Waals surface area contributed by atoms with Crippen molar-refractivity contribution in [3.05, 3.63) is 21.4 Å². The number of rotatable bonds is 2. The summed E-state index contributed by atoms with van der Waals surface area (Å²) >= 11 is 5.85. The lowest BCUT2D eigenvalue weighted by Crippen LogP contribution is -2.11. The highest BCUT2D eigenvalue weighted by molar-refractivity contribution is 9.09. The second-order valence-corrected chi connectivity index (χ2v) is 7.12. The van der Waals surface area contributed by atoms with E-state index in [0.717, 1.165) is 5.92 Å². The molecule has 2 rings (SSSR count). The van der Waals surface area contributed by atoms with Crippen molar-refractivity contribution < 1.29 is 0 Å². The quantitative estimate of drug-likeness (QED) is 0.640. The number of hydrogen-bond acceptors (Lipinski definition) is 1. The minimum absolute atomic E-state index is 0.600. The SMILES string of the molecule is Cc1cc(C(Br)C2CCCCC2)c(C)s1. The number of thiophene rings is 1. The summed E-state index contributed by atoms with van der Waals surface area (Å²) in [6, 6.07) is 2.37. The van der Waals surface area contributed by atoms with Gasteiger partial charge in [-0.1, -0.05) is 35.2 Å². The van der Waals surface area contributed by atoms with Gasteiger partial charge >= 0.3 is 0 Å². The fraction of sp³-hybridized carbons (Fsp3) is 0.692. The monoisotopic (exact) mass is 286 g/mol. The van der Waals surface area contributed by atoms with Crippen LogP contribution in [0.15, 0.2) is 6.07 Å². The zero-order valence-corrected chi connectivity index (χ0v) is 12.0. The first-order valence-corrected chi connectivity index (χ1v) is 7.62. The zero-order chi connectivity index (χ0) is 10.8. The van der Waals surface area contributed by atoms with Crippen LogP contribution in [0.5, 0.6) is 0 Å². The van der Waals surface area contributed by atoms with Gasteiger partial charge in [0.1, 0.15) is 0 Å². The fourth-order valence-corrected chi connectivity index (χ4v) is 4.73. The molecule has 1 aliphatic rings. The van der Waals surface area contributed by atoms with Crippen LogP contribution >= 0.6 is 27.3 Å². The van der Waals surface area contributed by atoms with Crippen molar-refractivity contribution in [3.63, 3.8) is 0 Å². The highest BCUT2D eigenvalue weighted by Crippen LogP contribution is 2.42. The van der Waals surface area contributed by atoms with E-state index in [4.69, 9.17) is 0 Å². The molecule has 0 nitrogen and oxygen atoms in total. The van der Waals surface area contributed by atoms with E-state index >= 15 is 0 Å². The molecule has 0 saturated heterocycles. The Morgan fingerprint density at radius 3 is 2.47 bits per heavy atom. The Balaban J connectivity index is 2.12. The van der Waals surface area contributed by atoms with Gasteiger partial charge in [0.25, 0.3) is 0 Å². The Kier molecular flexibility index (Phi) is 3.89. The number of alkyl halides is 1. The molecule has 0 bridgehead atoms. The van der Waals surface area contributed by atoms with Crippen molar-refractivity contribution in [1.29, 1.82) is 0 Å². The molecule has 1 heterocycles. The fourth-order valence-electron chi connectivity index (χ4n) is 2.61. The molecule has 15 heavy (non-hydrogen) atoms. The molecule has 1 fully saturated rings. The Bertz CT molecular complexity index is 323. The van der Waals surface area contributed by atoms with Crippen molar-refractivity contribution in [2.45, 2.75) is 50.8 Å². The van der Waals surface area contributed by atoms with Gasteiger partial charge in [0.05, 0.1) is 0 Å². The topological polar surface area (TPSA) is 0 Å². The largest absolute Gasteiger partial charge is 0.146 e. The average molecular weight is 287 g/mol. The third-order valence-corrected chi connectivity index (χ3v) is 5.66. The van der Waals surface area contributed by atoms with E-state index in [-0.39, 0.29) is 0 Å². The predicted octanol–water partition coefficient (Wildman–Crippen LogP) is 5.38. The van der Waals surface area contributed by atoms with Crippen LogP contribution < -0.4 is 0 Å². The van der Waals surface area contributed by atoms with Crippen LogP contribution in [0.1, 0.15) is 52.2 Å². The minimum atomic E-state index is 0.600. The van der Waals surface area contributed by atoms with Gasteiger partial charge in [0, 0.05) is 14.6 Å². The van der Waals surface area contributed by atoms with Gasteiger partial charge in [0.15, 0.2) is 0 Å². The van der Waals surface area contributed by atoms with Crippen LogP contribution in [-0.4, -0.2) is 0 Å². The normalized spacial score (nSPS) is 20.5. The molecule has 1 saturated carbocycles. The maximum Gasteiger partial charge on any atom is 0.0434 e. The highest BCUT2D eigenvalue weighted by Gasteiger charge is 2.24. The first kappa shape index (κ1) is 11.7. The van der Waals surface area contributed by atoms with E-state index in [9.17, 15) is 0 Å². The molecule has 1 atom stereocenters. The van der Waals surface area contributed by atoms with Crippen molar-refractivity contribution >= 4 is 27.3 Å². The summed E-state index contributed by atoms with van der Waals surface area (Å²) in [6.07, 6.45) is 7.11. The average Bonchev–Trinajstić information content (AvgIpc) is 2.58. The molecule has 1 unspecified atom stereocenters. The molecular formula is C13H19BrS. The Morgan fingerprint density at radius 2 is 1.93 bits per heavy atom. The molecule has 84 valence electrons. The van der Waals surface area contributed by atoms with Crippen molar-refractivity contribution in [2.75, 3.05) is 0 Å². The zero-order valence-electron chi connectivity index (χ0n) is 9.55. The van der Waals surface area contributed by atoms with Gasteiger partial charge in [-0.15, -0.1) is 11.3 Å². The van der Waals surface area contributed by atoms with Crippen molar-refractivity contribution in [1.82, 2.24) is 0 Å². The molecule has 0 radical (unpaired) electrons. The molecule has 2 heteroatoms. The van der Waals surface area contributed by atoms with Crippen LogP contribution in [-0.2, 0) is 0 Å². The first-order chi connectivity index (χ1) is 7.18. The molecule has 0 amide bonds. The second kappa shape index (κ2) is 5.01. The third-order valence-electron chi connectivity index (χ3n) is 3.44. The molecule has 1 aromatic heterocycles. The third kappa shape index (κ3) is 2.65. The summed E-state index contributed by atoms with van der Waals surface area (Å²) < 4.78 is 0. The molecule has 1 aromatic rings. The molecule has 0 aromatic carbocycles. The first-order valence-electron chi connectivity index (χ1n) is 5.89. The number of aryl methyl sites for hydroxylation is 2. The van der Waals surface area contributed by atoms with Gasteiger partial charge in [-0.2, -0.15) is 0 Å². The maximum atomic E-state index is 3.92. The van der Waals surface area contributed by atoms with E-state index < -0.39 is 0 Å². The van der Waals surface area contributed by atoms with Crippen LogP contribution in [0.4, 0.5) is 0 Å². The highest BCUT2D eigenvalue weighted by atomic mass is 79.9. The predicted molar refractivity (Wildman–Crippen MR) is 72.0 cm³/mol. The smallest absolute Gasteiger partial charge is 0.0434 e. The molecular weight excluding hydrogens is 268 g/mol. The maximum absolute atomic E-state index is 3.92. The lowest BCUT2D eigenvalue weighted by atomic mass is 9.85. The Labute approximate surface area is 105 Å². The Morgan fingerprint density at radius 1 is 1.27 bits per heavy atom. The van der Waals surface area contributed by atoms with Crippen LogP contribution in [0, 0.1) is 19.8 Å². The van der Waals surface area contributed by atoms with E-state index in [0.29, 0.717) is 4.83 Å². The van der Waals surface area contributed by atoms with Crippen LogP contribution in [0.2, 0.25) is 0 Å². The lowest BCUT2D eigenvalue weighted by Gasteiger charge is -2.26. The summed E-state index contributed by atoms with van der Waals surface area (Å²) in [7, 11) is 0. The van der Waals surface area contributed by atoms with E-state index in [1.807, 2.05) is 11.3 Å². The summed E-state index contributed by atoms with van der Waals surface area (Å²) in [6.45, 7) is 4.46. The van der Waals surface area contributed by atoms with Crippen molar-refractivity contribution in [2.24, 2.45) is 5.92 Å². The number of halogens is 1.